The number of carbonyl (C=O) groups excluding carboxylic acids is 2. The number of likely N-dealkylation sites (tertiary alicyclic amines) is 1. The van der Waals surface area contributed by atoms with E-state index in [1.54, 1.807) is 16.7 Å². The Morgan fingerprint density at radius 3 is 2.82 bits per heavy atom. The smallest absolute Gasteiger partial charge is 0.274 e. The molecule has 1 N–H and O–H groups in total. The summed E-state index contributed by atoms with van der Waals surface area (Å²) in [5.41, 5.74) is 2.23. The molecule has 2 aromatic heterocycles. The summed E-state index contributed by atoms with van der Waals surface area (Å²) in [6, 6.07) is 5.85. The molecule has 0 spiro atoms. The van der Waals surface area contributed by atoms with Gasteiger partial charge in [0.15, 0.2) is 0 Å². The van der Waals surface area contributed by atoms with Crippen LogP contribution in [0.2, 0.25) is 0 Å². The third kappa shape index (κ3) is 4.35. The molecule has 2 aromatic rings. The lowest BCUT2D eigenvalue weighted by Gasteiger charge is -2.21. The van der Waals surface area contributed by atoms with E-state index in [2.05, 4.69) is 22.1 Å². The maximum absolute atomic E-state index is 13.0. The zero-order chi connectivity index (χ0) is 23.9. The Morgan fingerprint density at radius 1 is 1.26 bits per heavy atom. The number of hydrogen-bond acceptors (Lipinski definition) is 4. The predicted octanol–water partition coefficient (Wildman–Crippen LogP) is 3.84. The summed E-state index contributed by atoms with van der Waals surface area (Å²) in [7, 11) is 4.10. The zero-order valence-electron chi connectivity index (χ0n) is 20.9. The highest BCUT2D eigenvalue weighted by atomic mass is 16.2. The van der Waals surface area contributed by atoms with Crippen LogP contribution >= 0.6 is 0 Å². The second-order valence-electron chi connectivity index (χ2n) is 11.1. The molecule has 1 saturated heterocycles. The Balaban J connectivity index is 1.15. The number of aromatic nitrogens is 2. The van der Waals surface area contributed by atoms with E-state index in [9.17, 15) is 9.59 Å². The van der Waals surface area contributed by atoms with Crippen molar-refractivity contribution in [1.82, 2.24) is 24.5 Å². The second kappa shape index (κ2) is 9.33. The molecule has 0 radical (unpaired) electrons. The van der Waals surface area contributed by atoms with Crippen molar-refractivity contribution in [1.29, 1.82) is 0 Å². The van der Waals surface area contributed by atoms with Gasteiger partial charge in [-0.15, -0.1) is 0 Å². The highest BCUT2D eigenvalue weighted by Gasteiger charge is 2.58. The van der Waals surface area contributed by atoms with Crippen LogP contribution in [-0.4, -0.2) is 70.8 Å². The topological polar surface area (TPSA) is 70.0 Å². The van der Waals surface area contributed by atoms with Crippen LogP contribution in [0, 0.1) is 17.3 Å². The van der Waals surface area contributed by atoms with E-state index in [0.29, 0.717) is 41.6 Å². The standard InChI is InChI=1S/C27H39N5O2/c1-19(27-13-7-9-20(27)16-27)8-4-5-14-28-25(33)23-10-6-11-24-29-22(18-32(23)24)26(34)31-15-12-21(17-31)30(2)3/h6,10-11,18-21H,4-5,7-9,12-17H2,1-3H3,(H,28,33). The number of carbonyl (C=O) groups is 2. The molecule has 1 aliphatic heterocycles. The van der Waals surface area contributed by atoms with Gasteiger partial charge in [-0.2, -0.15) is 0 Å². The molecule has 5 rings (SSSR count). The molecule has 7 nitrogen and oxygen atoms in total. The van der Waals surface area contributed by atoms with Crippen molar-refractivity contribution in [2.75, 3.05) is 33.7 Å². The number of unbranched alkanes of at least 4 members (excludes halogenated alkanes) is 1. The van der Waals surface area contributed by atoms with Crippen LogP contribution in [0.5, 0.6) is 0 Å². The largest absolute Gasteiger partial charge is 0.351 e. The van der Waals surface area contributed by atoms with Crippen LogP contribution in [0.3, 0.4) is 0 Å². The molecule has 2 amide bonds. The van der Waals surface area contributed by atoms with Crippen LogP contribution in [-0.2, 0) is 0 Å². The van der Waals surface area contributed by atoms with E-state index < -0.39 is 0 Å². The Morgan fingerprint density at radius 2 is 2.12 bits per heavy atom. The average molecular weight is 466 g/mol. The van der Waals surface area contributed by atoms with Gasteiger partial charge >= 0.3 is 0 Å². The lowest BCUT2D eigenvalue weighted by atomic mass is 9.84. The zero-order valence-corrected chi connectivity index (χ0v) is 20.9. The van der Waals surface area contributed by atoms with E-state index >= 15 is 0 Å². The number of hydrogen-bond donors (Lipinski definition) is 1. The Kier molecular flexibility index (Phi) is 6.40. The van der Waals surface area contributed by atoms with Gasteiger partial charge in [-0.05, 0) is 75.6 Å². The molecule has 3 aliphatic rings. The number of nitrogens with one attached hydrogen (secondary N) is 1. The van der Waals surface area contributed by atoms with Gasteiger partial charge < -0.3 is 15.1 Å². The minimum absolute atomic E-state index is 0.0619. The molecule has 7 heteroatoms. The third-order valence-electron chi connectivity index (χ3n) is 8.93. The van der Waals surface area contributed by atoms with Gasteiger partial charge in [-0.25, -0.2) is 4.98 Å². The highest BCUT2D eigenvalue weighted by molar-refractivity contribution is 5.95. The fraction of sp³-hybridized carbons (Fsp3) is 0.667. The molecule has 4 unspecified atom stereocenters. The van der Waals surface area contributed by atoms with Crippen molar-refractivity contribution in [3.05, 3.63) is 35.8 Å². The van der Waals surface area contributed by atoms with E-state index in [1.807, 2.05) is 31.1 Å². The van der Waals surface area contributed by atoms with E-state index in [0.717, 1.165) is 37.6 Å². The molecule has 0 aromatic carbocycles. The number of nitrogens with zero attached hydrogens (tertiary/aromatic N) is 4. The first-order valence-corrected chi connectivity index (χ1v) is 13.1. The Bertz CT molecular complexity index is 1060. The molecule has 3 fully saturated rings. The average Bonchev–Trinajstić information content (AvgIpc) is 3.26. The van der Waals surface area contributed by atoms with Gasteiger partial charge in [-0.1, -0.05) is 32.3 Å². The van der Waals surface area contributed by atoms with Crippen molar-refractivity contribution in [3.8, 4) is 0 Å². The SMILES string of the molecule is CC(CCCCNC(=O)c1cccc2nc(C(=O)N3CCC(N(C)C)C3)cn12)C12CCCC1C2. The maximum Gasteiger partial charge on any atom is 0.274 e. The van der Waals surface area contributed by atoms with E-state index in [-0.39, 0.29) is 11.8 Å². The fourth-order valence-electron chi connectivity index (χ4n) is 6.59. The molecule has 184 valence electrons. The van der Waals surface area contributed by atoms with Crippen molar-refractivity contribution in [2.45, 2.75) is 64.3 Å². The van der Waals surface area contributed by atoms with Crippen molar-refractivity contribution in [3.63, 3.8) is 0 Å². The monoisotopic (exact) mass is 465 g/mol. The number of likely N-dealkylation sites (N-methyl/N-ethyl adjacent to an activating group) is 1. The number of amides is 2. The molecule has 2 aliphatic carbocycles. The summed E-state index contributed by atoms with van der Waals surface area (Å²) in [5.74, 6) is 1.65. The van der Waals surface area contributed by atoms with E-state index in [4.69, 9.17) is 0 Å². The maximum atomic E-state index is 13.0. The van der Waals surface area contributed by atoms with Gasteiger partial charge in [0, 0.05) is 31.9 Å². The lowest BCUT2D eigenvalue weighted by Crippen LogP contribution is -2.34. The van der Waals surface area contributed by atoms with E-state index in [1.165, 1.54) is 32.1 Å². The summed E-state index contributed by atoms with van der Waals surface area (Å²) in [6.45, 7) is 4.57. The van der Waals surface area contributed by atoms with Crippen LogP contribution in [0.4, 0.5) is 0 Å². The van der Waals surface area contributed by atoms with Crippen molar-refractivity contribution >= 4 is 17.5 Å². The lowest BCUT2D eigenvalue weighted by molar-refractivity contribution is 0.0777. The highest BCUT2D eigenvalue weighted by Crippen LogP contribution is 2.68. The second-order valence-corrected chi connectivity index (χ2v) is 11.1. The van der Waals surface area contributed by atoms with Gasteiger partial charge in [0.1, 0.15) is 17.0 Å². The summed E-state index contributed by atoms with van der Waals surface area (Å²) in [4.78, 5) is 34.5. The quantitative estimate of drug-likeness (QED) is 0.572. The molecular formula is C27H39N5O2. The van der Waals surface area contributed by atoms with Gasteiger partial charge in [0.2, 0.25) is 0 Å². The number of fused-ring (bicyclic) bond motifs is 2. The minimum atomic E-state index is -0.111. The van der Waals surface area contributed by atoms with Gasteiger partial charge in [0.25, 0.3) is 11.8 Å². The first-order chi connectivity index (χ1) is 16.4. The van der Waals surface area contributed by atoms with Gasteiger partial charge in [-0.3, -0.25) is 14.0 Å². The summed E-state index contributed by atoms with van der Waals surface area (Å²) in [5, 5.41) is 3.08. The van der Waals surface area contributed by atoms with Crippen molar-refractivity contribution < 1.29 is 9.59 Å². The molecule has 3 heterocycles. The first-order valence-electron chi connectivity index (χ1n) is 13.1. The molecule has 4 atom stereocenters. The number of pyridine rings is 1. The van der Waals surface area contributed by atoms with Crippen LogP contribution < -0.4 is 5.32 Å². The summed E-state index contributed by atoms with van der Waals surface area (Å²) >= 11 is 0. The summed E-state index contributed by atoms with van der Waals surface area (Å²) < 4.78 is 1.75. The van der Waals surface area contributed by atoms with Crippen LogP contribution in [0.15, 0.2) is 24.4 Å². The normalized spacial score (nSPS) is 26.8. The fourth-order valence-corrected chi connectivity index (χ4v) is 6.59. The molecule has 34 heavy (non-hydrogen) atoms. The molecule has 0 bridgehead atoms. The van der Waals surface area contributed by atoms with Crippen molar-refractivity contribution in [2.24, 2.45) is 17.3 Å². The predicted molar refractivity (Wildman–Crippen MR) is 133 cm³/mol. The third-order valence-corrected chi connectivity index (χ3v) is 8.93. The van der Waals surface area contributed by atoms with Crippen LogP contribution in [0.1, 0.15) is 79.3 Å². The van der Waals surface area contributed by atoms with Gasteiger partial charge in [0.05, 0.1) is 0 Å². The van der Waals surface area contributed by atoms with Crippen LogP contribution in [0.25, 0.3) is 5.65 Å². The molecule has 2 saturated carbocycles. The molecular weight excluding hydrogens is 426 g/mol. The number of rotatable bonds is 9. The first kappa shape index (κ1) is 23.3. The number of imidazole rings is 1. The minimum Gasteiger partial charge on any atom is -0.351 e. The Labute approximate surface area is 202 Å². The Hall–Kier alpha value is -2.41. The summed E-state index contributed by atoms with van der Waals surface area (Å²) in [6.07, 6.45) is 11.9.